The maximum absolute atomic E-state index is 13.8. The molecule has 0 N–H and O–H groups in total. The van der Waals surface area contributed by atoms with Crippen LogP contribution in [0.2, 0.25) is 0 Å². The van der Waals surface area contributed by atoms with Gasteiger partial charge in [0.1, 0.15) is 0 Å². The zero-order valence-corrected chi connectivity index (χ0v) is 31.6. The summed E-state index contributed by atoms with van der Waals surface area (Å²) in [5.41, 5.74) is 8.32. The largest absolute Gasteiger partial charge is 0.335 e. The molecule has 0 unspecified atom stereocenters. The second-order valence-electron chi connectivity index (χ2n) is 11.3. The van der Waals surface area contributed by atoms with Crippen molar-refractivity contribution in [1.82, 2.24) is 0 Å². The van der Waals surface area contributed by atoms with E-state index in [-0.39, 0.29) is 44.9 Å². The summed E-state index contributed by atoms with van der Waals surface area (Å²) in [6.45, 7) is 14.8. The van der Waals surface area contributed by atoms with Crippen molar-refractivity contribution in [1.29, 1.82) is 0 Å². The average molecular weight is 701 g/mol. The first kappa shape index (κ1) is 39.3. The van der Waals surface area contributed by atoms with Crippen LogP contribution in [-0.4, -0.2) is 39.6 Å². The average Bonchev–Trinajstić information content (AvgIpc) is 2.97. The molecule has 12 heteroatoms. The standard InChI is InChI=1S/C34H55O9P3/c1-8-15-27-20-29-18-19-31-23-33(25-45(36,40-11-4)41-12-5)30(22-34(31)26-46(37,42-13-6)43-14-7)17-16-28(27)21-32(29)24-44(35,38-9-2)39-10-3/h20-23H,8-19,24-26H2,1-7H3. The van der Waals surface area contributed by atoms with Crippen LogP contribution in [0.15, 0.2) is 24.3 Å². The summed E-state index contributed by atoms with van der Waals surface area (Å²) in [4.78, 5) is 0. The van der Waals surface area contributed by atoms with E-state index in [2.05, 4.69) is 31.2 Å². The third-order valence-electron chi connectivity index (χ3n) is 7.94. The van der Waals surface area contributed by atoms with Gasteiger partial charge in [-0.05, 0) is 118 Å². The van der Waals surface area contributed by atoms with E-state index in [0.717, 1.165) is 46.2 Å². The summed E-state index contributed by atoms with van der Waals surface area (Å²) >= 11 is 0. The highest BCUT2D eigenvalue weighted by Gasteiger charge is 2.31. The second kappa shape index (κ2) is 18.6. The molecule has 6 rings (SSSR count). The van der Waals surface area contributed by atoms with Crippen molar-refractivity contribution in [2.75, 3.05) is 39.6 Å². The molecule has 2 aromatic rings. The minimum absolute atomic E-state index is 0.140. The van der Waals surface area contributed by atoms with Crippen molar-refractivity contribution in [2.24, 2.45) is 0 Å². The molecule has 0 radical (unpaired) electrons. The Labute approximate surface area is 277 Å². The molecule has 0 fully saturated rings. The summed E-state index contributed by atoms with van der Waals surface area (Å²) in [6.07, 6.45) is 5.06. The summed E-state index contributed by atoms with van der Waals surface area (Å²) in [6, 6.07) is 8.66. The van der Waals surface area contributed by atoms with E-state index < -0.39 is 22.8 Å². The molecule has 260 valence electrons. The van der Waals surface area contributed by atoms with Gasteiger partial charge in [-0.25, -0.2) is 0 Å². The van der Waals surface area contributed by atoms with Gasteiger partial charge in [-0.2, -0.15) is 0 Å². The number of benzene rings is 2. The van der Waals surface area contributed by atoms with Gasteiger partial charge in [0.2, 0.25) is 0 Å². The molecule has 0 saturated carbocycles. The van der Waals surface area contributed by atoms with Crippen LogP contribution in [-0.2, 0) is 91.4 Å². The van der Waals surface area contributed by atoms with Crippen molar-refractivity contribution >= 4 is 22.8 Å². The molecule has 4 aliphatic carbocycles. The second-order valence-corrected chi connectivity index (χ2v) is 17.5. The van der Waals surface area contributed by atoms with Gasteiger partial charge in [-0.1, -0.05) is 37.6 Å². The van der Waals surface area contributed by atoms with Gasteiger partial charge in [0.15, 0.2) is 0 Å². The van der Waals surface area contributed by atoms with Crippen LogP contribution in [0.25, 0.3) is 0 Å². The first-order chi connectivity index (χ1) is 22.0. The van der Waals surface area contributed by atoms with Crippen LogP contribution in [0, 0.1) is 0 Å². The van der Waals surface area contributed by atoms with Crippen LogP contribution < -0.4 is 0 Å². The molecule has 0 spiro atoms. The highest BCUT2D eigenvalue weighted by Crippen LogP contribution is 2.55. The maximum atomic E-state index is 13.8. The van der Waals surface area contributed by atoms with Crippen molar-refractivity contribution in [3.63, 3.8) is 0 Å². The van der Waals surface area contributed by atoms with E-state index in [1.807, 2.05) is 41.5 Å². The molecule has 0 aliphatic heterocycles. The molecule has 0 amide bonds. The highest BCUT2D eigenvalue weighted by molar-refractivity contribution is 7.53. The van der Waals surface area contributed by atoms with E-state index in [9.17, 15) is 13.7 Å². The van der Waals surface area contributed by atoms with Gasteiger partial charge in [-0.15, -0.1) is 0 Å². The lowest BCUT2D eigenvalue weighted by Crippen LogP contribution is -2.12. The zero-order valence-electron chi connectivity index (χ0n) is 28.9. The number of hydrogen-bond donors (Lipinski definition) is 0. The molecular formula is C34H55O9P3. The molecule has 2 aromatic carbocycles. The molecular weight excluding hydrogens is 645 g/mol. The van der Waals surface area contributed by atoms with E-state index in [4.69, 9.17) is 27.1 Å². The fourth-order valence-corrected chi connectivity index (χ4v) is 11.5. The third kappa shape index (κ3) is 11.0. The first-order valence-electron chi connectivity index (χ1n) is 16.9. The van der Waals surface area contributed by atoms with Crippen LogP contribution in [0.4, 0.5) is 0 Å². The summed E-state index contributed by atoms with van der Waals surface area (Å²) in [7, 11) is -10.1. The van der Waals surface area contributed by atoms with E-state index in [0.29, 0.717) is 38.9 Å². The van der Waals surface area contributed by atoms with E-state index in [1.54, 1.807) is 0 Å². The van der Waals surface area contributed by atoms with Crippen LogP contribution in [0.3, 0.4) is 0 Å². The van der Waals surface area contributed by atoms with Crippen LogP contribution in [0.5, 0.6) is 0 Å². The minimum atomic E-state index is -3.41. The molecule has 0 saturated heterocycles. The summed E-state index contributed by atoms with van der Waals surface area (Å²) in [5.74, 6) is 0. The Morgan fingerprint density at radius 2 is 0.674 bits per heavy atom. The predicted octanol–water partition coefficient (Wildman–Crippen LogP) is 9.82. The molecule has 4 bridgehead atoms. The Bertz CT molecular complexity index is 1400. The number of rotatable bonds is 20. The lowest BCUT2D eigenvalue weighted by Gasteiger charge is -2.25. The Hall–Kier alpha value is -1.11. The number of aryl methyl sites for hydroxylation is 5. The quantitative estimate of drug-likeness (QED) is 0.125. The lowest BCUT2D eigenvalue weighted by molar-refractivity contribution is 0.218. The molecule has 0 aromatic heterocycles. The van der Waals surface area contributed by atoms with Crippen molar-refractivity contribution in [3.05, 3.63) is 68.8 Å². The Morgan fingerprint density at radius 3 is 0.913 bits per heavy atom. The van der Waals surface area contributed by atoms with Crippen molar-refractivity contribution in [3.8, 4) is 0 Å². The van der Waals surface area contributed by atoms with Crippen LogP contribution in [0.1, 0.15) is 99.4 Å². The zero-order chi connectivity index (χ0) is 33.8. The normalized spacial score (nSPS) is 14.1. The van der Waals surface area contributed by atoms with Crippen molar-refractivity contribution < 1.29 is 40.8 Å². The summed E-state index contributed by atoms with van der Waals surface area (Å²) in [5, 5.41) is 0. The topological polar surface area (TPSA) is 107 Å². The predicted molar refractivity (Wildman–Crippen MR) is 185 cm³/mol. The molecule has 0 atom stereocenters. The SMILES string of the molecule is CCCc1cc2c(CP(=O)(OCC)OCC)cc1CCc1cc(CP(=O)(OCC)OCC)c(cc1CP(=O)(OCC)OCC)CC2. The third-order valence-corrected chi connectivity index (χ3v) is 14.0. The Morgan fingerprint density at radius 1 is 0.435 bits per heavy atom. The lowest BCUT2D eigenvalue weighted by atomic mass is 9.86. The molecule has 9 nitrogen and oxygen atoms in total. The van der Waals surface area contributed by atoms with Crippen molar-refractivity contribution in [2.45, 2.75) is 105 Å². The molecule has 0 heterocycles. The van der Waals surface area contributed by atoms with Gasteiger partial charge in [-0.3, -0.25) is 13.7 Å². The van der Waals surface area contributed by atoms with Gasteiger partial charge in [0.25, 0.3) is 0 Å². The maximum Gasteiger partial charge on any atom is 0.335 e. The minimum Gasteiger partial charge on any atom is -0.309 e. The smallest absolute Gasteiger partial charge is 0.309 e. The van der Waals surface area contributed by atoms with Gasteiger partial charge >= 0.3 is 22.8 Å². The van der Waals surface area contributed by atoms with E-state index in [1.165, 1.54) is 11.1 Å². The monoisotopic (exact) mass is 700 g/mol. The van der Waals surface area contributed by atoms with Gasteiger partial charge in [0.05, 0.1) is 58.1 Å². The van der Waals surface area contributed by atoms with E-state index >= 15 is 0 Å². The molecule has 4 aliphatic rings. The fourth-order valence-electron chi connectivity index (χ4n) is 6.19. The molecule has 46 heavy (non-hydrogen) atoms. The first-order valence-corrected chi connectivity index (χ1v) is 22.1. The fraction of sp³-hybridized carbons (Fsp3) is 0.647. The number of hydrogen-bond acceptors (Lipinski definition) is 9. The van der Waals surface area contributed by atoms with Gasteiger partial charge in [0, 0.05) is 0 Å². The summed E-state index contributed by atoms with van der Waals surface area (Å²) < 4.78 is 75.5. The van der Waals surface area contributed by atoms with Crippen LogP contribution >= 0.6 is 22.8 Å². The Kier molecular flexibility index (Phi) is 15.9. The Balaban J connectivity index is 2.20. The van der Waals surface area contributed by atoms with Gasteiger partial charge < -0.3 is 27.1 Å². The highest BCUT2D eigenvalue weighted by atomic mass is 31.2.